The highest BCUT2D eigenvalue weighted by Gasteiger charge is 2.08. The molecule has 0 amide bonds. The normalized spacial score (nSPS) is 10.5. The van der Waals surface area contributed by atoms with Crippen molar-refractivity contribution in [2.24, 2.45) is 0 Å². The van der Waals surface area contributed by atoms with Crippen LogP contribution in [0.15, 0.2) is 66.7 Å². The molecule has 3 aromatic carbocycles. The number of anilines is 1. The lowest BCUT2D eigenvalue weighted by molar-refractivity contribution is 0.269. The van der Waals surface area contributed by atoms with Crippen molar-refractivity contribution < 1.29 is 9.47 Å². The van der Waals surface area contributed by atoms with E-state index in [0.29, 0.717) is 13.2 Å². The Morgan fingerprint density at radius 2 is 1.52 bits per heavy atom. The average Bonchev–Trinajstić information content (AvgIpc) is 2.68. The Morgan fingerprint density at radius 1 is 0.778 bits per heavy atom. The van der Waals surface area contributed by atoms with Crippen LogP contribution in [0.4, 0.5) is 5.69 Å². The van der Waals surface area contributed by atoms with Crippen LogP contribution in [-0.4, -0.2) is 6.61 Å². The SMILES string of the molecule is CCOc1cc(CNc2ccccc2C)ccc1OCc1ccc(C)cc1. The Kier molecular flexibility index (Phi) is 6.37. The molecule has 0 bridgehead atoms. The smallest absolute Gasteiger partial charge is 0.161 e. The van der Waals surface area contributed by atoms with Gasteiger partial charge in [0, 0.05) is 12.2 Å². The molecule has 0 aliphatic heterocycles. The van der Waals surface area contributed by atoms with Crippen LogP contribution in [0, 0.1) is 13.8 Å². The Balaban J connectivity index is 1.68. The van der Waals surface area contributed by atoms with E-state index in [0.717, 1.165) is 34.9 Å². The zero-order chi connectivity index (χ0) is 19.1. The molecule has 0 fully saturated rings. The van der Waals surface area contributed by atoms with Crippen molar-refractivity contribution in [3.8, 4) is 11.5 Å². The summed E-state index contributed by atoms with van der Waals surface area (Å²) >= 11 is 0. The third kappa shape index (κ3) is 5.27. The number of aryl methyl sites for hydroxylation is 2. The molecule has 0 atom stereocenters. The molecule has 1 N–H and O–H groups in total. The van der Waals surface area contributed by atoms with Gasteiger partial charge in [-0.1, -0.05) is 54.1 Å². The second kappa shape index (κ2) is 9.13. The maximum Gasteiger partial charge on any atom is 0.161 e. The van der Waals surface area contributed by atoms with Crippen LogP contribution < -0.4 is 14.8 Å². The summed E-state index contributed by atoms with van der Waals surface area (Å²) in [5, 5.41) is 3.48. The molecule has 27 heavy (non-hydrogen) atoms. The van der Waals surface area contributed by atoms with Gasteiger partial charge >= 0.3 is 0 Å². The van der Waals surface area contributed by atoms with Crippen molar-refractivity contribution in [1.82, 2.24) is 0 Å². The van der Waals surface area contributed by atoms with Gasteiger partial charge in [0.1, 0.15) is 6.61 Å². The number of ether oxygens (including phenoxy) is 2. The molecule has 0 aliphatic carbocycles. The summed E-state index contributed by atoms with van der Waals surface area (Å²) in [6.07, 6.45) is 0. The van der Waals surface area contributed by atoms with Gasteiger partial charge in [0.2, 0.25) is 0 Å². The van der Waals surface area contributed by atoms with Crippen molar-refractivity contribution >= 4 is 5.69 Å². The lowest BCUT2D eigenvalue weighted by atomic mass is 10.1. The van der Waals surface area contributed by atoms with Gasteiger partial charge in [0.15, 0.2) is 11.5 Å². The van der Waals surface area contributed by atoms with Crippen molar-refractivity contribution in [2.45, 2.75) is 33.9 Å². The predicted octanol–water partition coefficient (Wildman–Crippen LogP) is 5.89. The van der Waals surface area contributed by atoms with E-state index in [-0.39, 0.29) is 0 Å². The maximum absolute atomic E-state index is 6.01. The Bertz CT molecular complexity index is 872. The molecular weight excluding hydrogens is 334 g/mol. The summed E-state index contributed by atoms with van der Waals surface area (Å²) in [7, 11) is 0. The van der Waals surface area contributed by atoms with Crippen molar-refractivity contribution in [2.75, 3.05) is 11.9 Å². The third-order valence-electron chi connectivity index (χ3n) is 4.45. The first-order valence-electron chi connectivity index (χ1n) is 9.39. The fourth-order valence-electron chi connectivity index (χ4n) is 2.86. The maximum atomic E-state index is 6.01. The molecular formula is C24H27NO2. The highest BCUT2D eigenvalue weighted by Crippen LogP contribution is 2.30. The second-order valence-electron chi connectivity index (χ2n) is 6.66. The molecule has 0 radical (unpaired) electrons. The Morgan fingerprint density at radius 3 is 2.26 bits per heavy atom. The van der Waals surface area contributed by atoms with Gasteiger partial charge in [0.05, 0.1) is 6.61 Å². The lowest BCUT2D eigenvalue weighted by Gasteiger charge is -2.15. The highest BCUT2D eigenvalue weighted by atomic mass is 16.5. The van der Waals surface area contributed by atoms with Crippen LogP contribution >= 0.6 is 0 Å². The fourth-order valence-corrected chi connectivity index (χ4v) is 2.86. The summed E-state index contributed by atoms with van der Waals surface area (Å²) in [6.45, 7) is 8.05. The molecule has 3 heteroatoms. The predicted molar refractivity (Wildman–Crippen MR) is 112 cm³/mol. The van der Waals surface area contributed by atoms with Crippen LogP contribution in [0.3, 0.4) is 0 Å². The number of nitrogens with one attached hydrogen (secondary N) is 1. The zero-order valence-electron chi connectivity index (χ0n) is 16.3. The minimum atomic E-state index is 0.529. The zero-order valence-corrected chi connectivity index (χ0v) is 16.3. The molecule has 3 nitrogen and oxygen atoms in total. The van der Waals surface area contributed by atoms with Crippen LogP contribution in [-0.2, 0) is 13.2 Å². The first-order valence-corrected chi connectivity index (χ1v) is 9.39. The van der Waals surface area contributed by atoms with Gasteiger partial charge in [-0.05, 0) is 55.7 Å². The monoisotopic (exact) mass is 361 g/mol. The van der Waals surface area contributed by atoms with Gasteiger partial charge in [-0.3, -0.25) is 0 Å². The van der Waals surface area contributed by atoms with Gasteiger partial charge in [-0.2, -0.15) is 0 Å². The van der Waals surface area contributed by atoms with Crippen LogP contribution in [0.25, 0.3) is 0 Å². The topological polar surface area (TPSA) is 30.5 Å². The van der Waals surface area contributed by atoms with E-state index in [1.807, 2.05) is 25.1 Å². The number of rotatable bonds is 8. The molecule has 0 saturated heterocycles. The van der Waals surface area contributed by atoms with Crippen LogP contribution in [0.1, 0.15) is 29.2 Å². The first-order chi connectivity index (χ1) is 13.2. The first kappa shape index (κ1) is 18.8. The van der Waals surface area contributed by atoms with E-state index < -0.39 is 0 Å². The van der Waals surface area contributed by atoms with E-state index >= 15 is 0 Å². The van der Waals surface area contributed by atoms with Gasteiger partial charge in [0.25, 0.3) is 0 Å². The third-order valence-corrected chi connectivity index (χ3v) is 4.45. The average molecular weight is 361 g/mol. The molecule has 3 aromatic rings. The number of hydrogen-bond donors (Lipinski definition) is 1. The molecule has 140 valence electrons. The van der Waals surface area contributed by atoms with E-state index in [1.165, 1.54) is 11.1 Å². The van der Waals surface area contributed by atoms with E-state index in [4.69, 9.17) is 9.47 Å². The Hall–Kier alpha value is -2.94. The summed E-state index contributed by atoms with van der Waals surface area (Å²) in [5.41, 5.74) is 5.94. The summed E-state index contributed by atoms with van der Waals surface area (Å²) < 4.78 is 11.8. The molecule has 0 unspecified atom stereocenters. The minimum absolute atomic E-state index is 0.529. The number of hydrogen-bond acceptors (Lipinski definition) is 3. The molecule has 3 rings (SSSR count). The molecule has 0 heterocycles. The van der Waals surface area contributed by atoms with Gasteiger partial charge in [-0.15, -0.1) is 0 Å². The number of para-hydroxylation sites is 1. The quantitative estimate of drug-likeness (QED) is 0.542. The highest BCUT2D eigenvalue weighted by molar-refractivity contribution is 5.51. The standard InChI is InChI=1S/C24H27NO2/c1-4-26-24-15-21(16-25-22-8-6-5-7-19(22)3)13-14-23(24)27-17-20-11-9-18(2)10-12-20/h5-15,25H,4,16-17H2,1-3H3. The summed E-state index contributed by atoms with van der Waals surface area (Å²) in [5.74, 6) is 1.56. The Labute approximate surface area is 162 Å². The van der Waals surface area contributed by atoms with Crippen LogP contribution in [0.5, 0.6) is 11.5 Å². The fraction of sp³-hybridized carbons (Fsp3) is 0.250. The van der Waals surface area contributed by atoms with Crippen molar-refractivity contribution in [1.29, 1.82) is 0 Å². The van der Waals surface area contributed by atoms with E-state index in [9.17, 15) is 0 Å². The second-order valence-corrected chi connectivity index (χ2v) is 6.66. The van der Waals surface area contributed by atoms with Crippen molar-refractivity contribution in [3.05, 3.63) is 89.0 Å². The van der Waals surface area contributed by atoms with E-state index in [2.05, 4.69) is 67.7 Å². The molecule has 0 saturated carbocycles. The van der Waals surface area contributed by atoms with E-state index in [1.54, 1.807) is 0 Å². The lowest BCUT2D eigenvalue weighted by Crippen LogP contribution is -2.03. The van der Waals surface area contributed by atoms with Crippen LogP contribution in [0.2, 0.25) is 0 Å². The molecule has 0 aromatic heterocycles. The molecule has 0 spiro atoms. The molecule has 0 aliphatic rings. The van der Waals surface area contributed by atoms with Gasteiger partial charge < -0.3 is 14.8 Å². The summed E-state index contributed by atoms with van der Waals surface area (Å²) in [4.78, 5) is 0. The van der Waals surface area contributed by atoms with Gasteiger partial charge in [-0.25, -0.2) is 0 Å². The minimum Gasteiger partial charge on any atom is -0.490 e. The largest absolute Gasteiger partial charge is 0.490 e. The summed E-state index contributed by atoms with van der Waals surface area (Å²) in [6, 6.07) is 22.8. The van der Waals surface area contributed by atoms with Crippen molar-refractivity contribution in [3.63, 3.8) is 0 Å². The number of benzene rings is 3.